The van der Waals surface area contributed by atoms with E-state index < -0.39 is 0 Å². The summed E-state index contributed by atoms with van der Waals surface area (Å²) in [5, 5.41) is 9.38. The lowest BCUT2D eigenvalue weighted by Gasteiger charge is -2.22. The molecule has 23 heavy (non-hydrogen) atoms. The zero-order chi connectivity index (χ0) is 17.1. The molecule has 2 aromatic rings. The highest BCUT2D eigenvalue weighted by atomic mass is 16.2. The van der Waals surface area contributed by atoms with Crippen LogP contribution in [0.5, 0.6) is 0 Å². The zero-order valence-electron chi connectivity index (χ0n) is 14.1. The highest BCUT2D eigenvalue weighted by molar-refractivity contribution is 6.05. The Balaban J connectivity index is 2.25. The van der Waals surface area contributed by atoms with Crippen LogP contribution in [0.3, 0.4) is 0 Å². The number of hydrogen-bond acceptors (Lipinski definition) is 3. The molecule has 0 aliphatic rings. The minimum Gasteiger partial charge on any atom is -0.339 e. The first-order valence-corrected chi connectivity index (χ1v) is 7.50. The van der Waals surface area contributed by atoms with Gasteiger partial charge >= 0.3 is 0 Å². The number of aromatic amines is 1. The minimum absolute atomic E-state index is 0.0620. The number of carbonyl (C=O) groups excluding carboxylic acids is 2. The third-order valence-electron chi connectivity index (χ3n) is 3.90. The number of carbonyl (C=O) groups is 2. The van der Waals surface area contributed by atoms with Gasteiger partial charge in [-0.05, 0) is 45.4 Å². The van der Waals surface area contributed by atoms with Crippen LogP contribution in [0.4, 0.5) is 5.69 Å². The van der Waals surface area contributed by atoms with E-state index in [1.54, 1.807) is 31.0 Å². The Bertz CT molecular complexity index is 734. The average molecular weight is 314 g/mol. The van der Waals surface area contributed by atoms with Gasteiger partial charge in [-0.3, -0.25) is 14.7 Å². The molecule has 0 spiro atoms. The Morgan fingerprint density at radius 2 is 1.91 bits per heavy atom. The number of aryl methyl sites for hydroxylation is 2. The van der Waals surface area contributed by atoms with Crippen molar-refractivity contribution in [2.24, 2.45) is 0 Å². The molecule has 0 radical (unpaired) electrons. The van der Waals surface area contributed by atoms with Crippen LogP contribution in [0, 0.1) is 13.8 Å². The third kappa shape index (κ3) is 3.59. The number of nitrogens with one attached hydrogen (secondary N) is 2. The zero-order valence-corrected chi connectivity index (χ0v) is 14.1. The maximum atomic E-state index is 12.5. The molecule has 2 amide bonds. The smallest absolute Gasteiger partial charge is 0.259 e. The second-order valence-electron chi connectivity index (χ2n) is 5.90. The topological polar surface area (TPSA) is 78.1 Å². The number of aromatic nitrogens is 2. The number of hydrogen-bond donors (Lipinski definition) is 2. The molecule has 0 unspecified atom stereocenters. The predicted molar refractivity (Wildman–Crippen MR) is 89.7 cm³/mol. The highest BCUT2D eigenvalue weighted by Gasteiger charge is 2.18. The van der Waals surface area contributed by atoms with Gasteiger partial charge in [-0.25, -0.2) is 0 Å². The second-order valence-corrected chi connectivity index (χ2v) is 5.90. The van der Waals surface area contributed by atoms with Gasteiger partial charge in [0.05, 0.1) is 11.8 Å². The SMILES string of the molecule is Cc1ccc(NC(=O)c2cn[nH]c2C)cc1C(=O)N(C)C(C)C. The summed E-state index contributed by atoms with van der Waals surface area (Å²) in [5.41, 5.74) is 3.23. The van der Waals surface area contributed by atoms with Crippen molar-refractivity contribution in [2.45, 2.75) is 33.7 Å². The average Bonchev–Trinajstić information content (AvgIpc) is 2.93. The monoisotopic (exact) mass is 314 g/mol. The van der Waals surface area contributed by atoms with Crippen molar-refractivity contribution in [3.05, 3.63) is 46.8 Å². The molecule has 122 valence electrons. The van der Waals surface area contributed by atoms with Gasteiger partial charge in [0.25, 0.3) is 11.8 Å². The fourth-order valence-corrected chi connectivity index (χ4v) is 2.13. The predicted octanol–water partition coefficient (Wildman–Crippen LogP) is 2.76. The van der Waals surface area contributed by atoms with E-state index in [2.05, 4.69) is 15.5 Å². The molecule has 1 aromatic carbocycles. The van der Waals surface area contributed by atoms with Crippen molar-refractivity contribution >= 4 is 17.5 Å². The van der Waals surface area contributed by atoms with Crippen LogP contribution in [-0.4, -0.2) is 40.0 Å². The lowest BCUT2D eigenvalue weighted by molar-refractivity contribution is 0.0754. The minimum atomic E-state index is -0.254. The van der Waals surface area contributed by atoms with Crippen LogP contribution in [-0.2, 0) is 0 Å². The summed E-state index contributed by atoms with van der Waals surface area (Å²) in [7, 11) is 1.77. The van der Waals surface area contributed by atoms with Crippen LogP contribution in [0.1, 0.15) is 45.8 Å². The van der Waals surface area contributed by atoms with Crippen molar-refractivity contribution < 1.29 is 9.59 Å². The molecule has 0 aliphatic carbocycles. The van der Waals surface area contributed by atoms with E-state index in [1.807, 2.05) is 26.8 Å². The number of H-pyrrole nitrogens is 1. The molecule has 6 heteroatoms. The summed E-state index contributed by atoms with van der Waals surface area (Å²) in [6.07, 6.45) is 1.48. The van der Waals surface area contributed by atoms with Crippen LogP contribution in [0.15, 0.2) is 24.4 Å². The molecule has 0 fully saturated rings. The second kappa shape index (κ2) is 6.64. The van der Waals surface area contributed by atoms with Gasteiger partial charge in [0, 0.05) is 30.0 Å². The van der Waals surface area contributed by atoms with Gasteiger partial charge in [-0.2, -0.15) is 5.10 Å². The van der Waals surface area contributed by atoms with E-state index in [0.717, 1.165) is 5.56 Å². The molecule has 2 N–H and O–H groups in total. The first kappa shape index (κ1) is 16.7. The van der Waals surface area contributed by atoms with E-state index in [-0.39, 0.29) is 17.9 Å². The van der Waals surface area contributed by atoms with Crippen molar-refractivity contribution in [2.75, 3.05) is 12.4 Å². The molecule has 0 atom stereocenters. The van der Waals surface area contributed by atoms with Gasteiger partial charge in [0.1, 0.15) is 0 Å². The van der Waals surface area contributed by atoms with Gasteiger partial charge in [-0.1, -0.05) is 6.07 Å². The molecule has 2 rings (SSSR count). The first-order chi connectivity index (χ1) is 10.8. The molecular formula is C17H22N4O2. The number of rotatable bonds is 4. The largest absolute Gasteiger partial charge is 0.339 e. The number of benzene rings is 1. The molecule has 0 saturated heterocycles. The van der Waals surface area contributed by atoms with E-state index in [0.29, 0.717) is 22.5 Å². The van der Waals surface area contributed by atoms with E-state index in [4.69, 9.17) is 0 Å². The molecule has 0 bridgehead atoms. The molecule has 1 heterocycles. The fraction of sp³-hybridized carbons (Fsp3) is 0.353. The molecule has 1 aromatic heterocycles. The fourth-order valence-electron chi connectivity index (χ4n) is 2.13. The van der Waals surface area contributed by atoms with Crippen LogP contribution >= 0.6 is 0 Å². The first-order valence-electron chi connectivity index (χ1n) is 7.50. The van der Waals surface area contributed by atoms with E-state index in [9.17, 15) is 9.59 Å². The normalized spacial score (nSPS) is 10.7. The summed E-state index contributed by atoms with van der Waals surface area (Å²) < 4.78 is 0. The Morgan fingerprint density at radius 3 is 2.48 bits per heavy atom. The van der Waals surface area contributed by atoms with Crippen LogP contribution < -0.4 is 5.32 Å². The number of nitrogens with zero attached hydrogens (tertiary/aromatic N) is 2. The van der Waals surface area contributed by atoms with Crippen molar-refractivity contribution in [1.29, 1.82) is 0 Å². The number of amides is 2. The number of anilines is 1. The van der Waals surface area contributed by atoms with Gasteiger partial charge in [-0.15, -0.1) is 0 Å². The Kier molecular flexibility index (Phi) is 4.83. The summed E-state index contributed by atoms with van der Waals surface area (Å²) in [6.45, 7) is 7.58. The highest BCUT2D eigenvalue weighted by Crippen LogP contribution is 2.19. The summed E-state index contributed by atoms with van der Waals surface area (Å²) >= 11 is 0. The summed E-state index contributed by atoms with van der Waals surface area (Å²) in [6, 6.07) is 5.44. The van der Waals surface area contributed by atoms with Crippen LogP contribution in [0.25, 0.3) is 0 Å². The van der Waals surface area contributed by atoms with Crippen LogP contribution in [0.2, 0.25) is 0 Å². The van der Waals surface area contributed by atoms with Crippen molar-refractivity contribution in [3.63, 3.8) is 0 Å². The van der Waals surface area contributed by atoms with Crippen molar-refractivity contribution in [1.82, 2.24) is 15.1 Å². The van der Waals surface area contributed by atoms with Crippen molar-refractivity contribution in [3.8, 4) is 0 Å². The van der Waals surface area contributed by atoms with Gasteiger partial charge in [0.2, 0.25) is 0 Å². The molecule has 0 aliphatic heterocycles. The van der Waals surface area contributed by atoms with Gasteiger partial charge in [0.15, 0.2) is 0 Å². The standard InChI is InChI=1S/C17H22N4O2/c1-10(2)21(5)17(23)14-8-13(7-6-11(14)3)19-16(22)15-9-18-20-12(15)4/h6-10H,1-5H3,(H,18,20)(H,19,22). The maximum Gasteiger partial charge on any atom is 0.259 e. The Labute approximate surface area is 135 Å². The maximum absolute atomic E-state index is 12.5. The van der Waals surface area contributed by atoms with E-state index in [1.165, 1.54) is 6.20 Å². The Hall–Kier alpha value is -2.63. The third-order valence-corrected chi connectivity index (χ3v) is 3.90. The van der Waals surface area contributed by atoms with E-state index >= 15 is 0 Å². The Morgan fingerprint density at radius 1 is 1.22 bits per heavy atom. The van der Waals surface area contributed by atoms with Gasteiger partial charge < -0.3 is 10.2 Å². The lowest BCUT2D eigenvalue weighted by Crippen LogP contribution is -2.33. The molecule has 0 saturated carbocycles. The molecule has 6 nitrogen and oxygen atoms in total. The lowest BCUT2D eigenvalue weighted by atomic mass is 10.1. The quantitative estimate of drug-likeness (QED) is 0.911. The molecular weight excluding hydrogens is 292 g/mol. The summed E-state index contributed by atoms with van der Waals surface area (Å²) in [5.74, 6) is -0.316. The summed E-state index contributed by atoms with van der Waals surface area (Å²) in [4.78, 5) is 26.4.